The fraction of sp³-hybridized carbons (Fsp3) is 0.526. The number of ether oxygens (including phenoxy) is 1. The predicted octanol–water partition coefficient (Wildman–Crippen LogP) is 2.57. The van der Waals surface area contributed by atoms with Gasteiger partial charge in [-0.15, -0.1) is 0 Å². The van der Waals surface area contributed by atoms with E-state index < -0.39 is 0 Å². The molecular weight excluding hydrogens is 332 g/mol. The quantitative estimate of drug-likeness (QED) is 0.819. The van der Waals surface area contributed by atoms with Crippen LogP contribution in [0.4, 0.5) is 5.82 Å². The summed E-state index contributed by atoms with van der Waals surface area (Å²) in [5.74, 6) is 1.39. The monoisotopic (exact) mass is 358 g/mol. The number of rotatable bonds is 7. The summed E-state index contributed by atoms with van der Waals surface area (Å²) in [4.78, 5) is 18.9. The van der Waals surface area contributed by atoms with E-state index in [0.29, 0.717) is 24.0 Å². The summed E-state index contributed by atoms with van der Waals surface area (Å²) < 4.78 is 10.6. The molecule has 140 valence electrons. The maximum Gasteiger partial charge on any atom is 0.253 e. The van der Waals surface area contributed by atoms with Gasteiger partial charge in [0.05, 0.1) is 23.9 Å². The van der Waals surface area contributed by atoms with Crippen molar-refractivity contribution in [2.45, 2.75) is 45.3 Å². The zero-order valence-corrected chi connectivity index (χ0v) is 15.4. The SMILES string of the molecule is CCCc1cc(CNC(=O)c2ccc(N3CCC(OC)CC3)nc2)on1. The third kappa shape index (κ3) is 4.60. The van der Waals surface area contributed by atoms with Gasteiger partial charge in [0.15, 0.2) is 5.76 Å². The second-order valence-corrected chi connectivity index (χ2v) is 6.54. The van der Waals surface area contributed by atoms with Gasteiger partial charge < -0.3 is 19.5 Å². The number of aryl methyl sites for hydroxylation is 1. The molecule has 7 heteroatoms. The van der Waals surface area contributed by atoms with Crippen molar-refractivity contribution < 1.29 is 14.1 Å². The molecule has 0 saturated carbocycles. The lowest BCUT2D eigenvalue weighted by Crippen LogP contribution is -2.37. The van der Waals surface area contributed by atoms with Crippen molar-refractivity contribution >= 4 is 11.7 Å². The van der Waals surface area contributed by atoms with Gasteiger partial charge in [0.2, 0.25) is 0 Å². The minimum atomic E-state index is -0.171. The summed E-state index contributed by atoms with van der Waals surface area (Å²) in [5.41, 5.74) is 1.45. The van der Waals surface area contributed by atoms with Crippen molar-refractivity contribution in [3.63, 3.8) is 0 Å². The Morgan fingerprint density at radius 3 is 2.85 bits per heavy atom. The molecule has 3 heterocycles. The topological polar surface area (TPSA) is 80.5 Å². The van der Waals surface area contributed by atoms with E-state index in [9.17, 15) is 4.79 Å². The van der Waals surface area contributed by atoms with Crippen LogP contribution in [0.2, 0.25) is 0 Å². The number of hydrogen-bond acceptors (Lipinski definition) is 6. The maximum absolute atomic E-state index is 12.3. The van der Waals surface area contributed by atoms with Crippen LogP contribution in [0.15, 0.2) is 28.9 Å². The van der Waals surface area contributed by atoms with Gasteiger partial charge in [-0.1, -0.05) is 18.5 Å². The molecule has 1 saturated heterocycles. The first-order valence-electron chi connectivity index (χ1n) is 9.16. The van der Waals surface area contributed by atoms with Crippen LogP contribution in [-0.2, 0) is 17.7 Å². The van der Waals surface area contributed by atoms with Crippen molar-refractivity contribution in [2.24, 2.45) is 0 Å². The first-order valence-corrected chi connectivity index (χ1v) is 9.16. The summed E-state index contributed by atoms with van der Waals surface area (Å²) in [5, 5.41) is 6.82. The smallest absolute Gasteiger partial charge is 0.253 e. The van der Waals surface area contributed by atoms with Gasteiger partial charge in [-0.3, -0.25) is 4.79 Å². The van der Waals surface area contributed by atoms with Gasteiger partial charge >= 0.3 is 0 Å². The summed E-state index contributed by atoms with van der Waals surface area (Å²) in [6.07, 6.45) is 5.85. The number of hydrogen-bond donors (Lipinski definition) is 1. The van der Waals surface area contributed by atoms with Crippen molar-refractivity contribution in [2.75, 3.05) is 25.1 Å². The van der Waals surface area contributed by atoms with Crippen LogP contribution in [0.3, 0.4) is 0 Å². The Morgan fingerprint density at radius 1 is 1.38 bits per heavy atom. The number of anilines is 1. The molecule has 2 aromatic heterocycles. The molecule has 0 unspecified atom stereocenters. The highest BCUT2D eigenvalue weighted by atomic mass is 16.5. The highest BCUT2D eigenvalue weighted by Crippen LogP contribution is 2.19. The molecule has 0 radical (unpaired) electrons. The number of aromatic nitrogens is 2. The fourth-order valence-corrected chi connectivity index (χ4v) is 3.11. The van der Waals surface area contributed by atoms with E-state index in [1.807, 2.05) is 18.2 Å². The standard InChI is InChI=1S/C19H26N4O3/c1-3-4-15-11-17(26-22-15)13-21-19(24)14-5-6-18(20-12-14)23-9-7-16(25-2)8-10-23/h5-6,11-12,16H,3-4,7-10,13H2,1-2H3,(H,21,24). The van der Waals surface area contributed by atoms with Crippen molar-refractivity contribution in [1.82, 2.24) is 15.5 Å². The third-order valence-electron chi connectivity index (χ3n) is 4.65. The molecule has 26 heavy (non-hydrogen) atoms. The minimum absolute atomic E-state index is 0.171. The largest absolute Gasteiger partial charge is 0.381 e. The molecule has 0 aliphatic carbocycles. The fourth-order valence-electron chi connectivity index (χ4n) is 3.11. The van der Waals surface area contributed by atoms with Gasteiger partial charge in [-0.05, 0) is 31.4 Å². The number of amides is 1. The normalized spacial score (nSPS) is 15.2. The van der Waals surface area contributed by atoms with E-state index in [2.05, 4.69) is 27.3 Å². The van der Waals surface area contributed by atoms with Gasteiger partial charge in [-0.2, -0.15) is 0 Å². The number of carbonyl (C=O) groups excluding carboxylic acids is 1. The molecule has 1 amide bonds. The zero-order valence-electron chi connectivity index (χ0n) is 15.4. The number of pyridine rings is 1. The Bertz CT molecular complexity index is 706. The zero-order chi connectivity index (χ0) is 18.4. The summed E-state index contributed by atoms with van der Waals surface area (Å²) in [6, 6.07) is 5.59. The lowest BCUT2D eigenvalue weighted by Gasteiger charge is -2.32. The number of nitrogens with zero attached hydrogens (tertiary/aromatic N) is 3. The predicted molar refractivity (Wildman–Crippen MR) is 98.1 cm³/mol. The van der Waals surface area contributed by atoms with Gasteiger partial charge in [0.25, 0.3) is 5.91 Å². The second kappa shape index (κ2) is 8.80. The Hall–Kier alpha value is -2.41. The molecule has 0 aromatic carbocycles. The van der Waals surface area contributed by atoms with Crippen LogP contribution >= 0.6 is 0 Å². The molecule has 1 fully saturated rings. The first-order chi connectivity index (χ1) is 12.7. The van der Waals surface area contributed by atoms with E-state index in [4.69, 9.17) is 9.26 Å². The third-order valence-corrected chi connectivity index (χ3v) is 4.65. The summed E-state index contributed by atoms with van der Waals surface area (Å²) in [7, 11) is 1.76. The lowest BCUT2D eigenvalue weighted by atomic mass is 10.1. The number of piperidine rings is 1. The second-order valence-electron chi connectivity index (χ2n) is 6.54. The lowest BCUT2D eigenvalue weighted by molar-refractivity contribution is 0.0818. The van der Waals surface area contributed by atoms with Gasteiger partial charge in [-0.25, -0.2) is 4.98 Å². The van der Waals surface area contributed by atoms with Crippen LogP contribution in [0.1, 0.15) is 48.0 Å². The minimum Gasteiger partial charge on any atom is -0.381 e. The van der Waals surface area contributed by atoms with Crippen LogP contribution in [0.25, 0.3) is 0 Å². The molecule has 7 nitrogen and oxygen atoms in total. The van der Waals surface area contributed by atoms with E-state index >= 15 is 0 Å². The highest BCUT2D eigenvalue weighted by molar-refractivity contribution is 5.93. The van der Waals surface area contributed by atoms with E-state index in [1.54, 1.807) is 13.3 Å². The van der Waals surface area contributed by atoms with Crippen LogP contribution in [-0.4, -0.2) is 42.4 Å². The summed E-state index contributed by atoms with van der Waals surface area (Å²) >= 11 is 0. The Balaban J connectivity index is 1.51. The van der Waals surface area contributed by atoms with Gasteiger partial charge in [0, 0.05) is 32.5 Å². The van der Waals surface area contributed by atoms with Crippen molar-refractivity contribution in [1.29, 1.82) is 0 Å². The Kier molecular flexibility index (Phi) is 6.22. The Labute approximate surface area is 153 Å². The van der Waals surface area contributed by atoms with E-state index in [0.717, 1.165) is 50.3 Å². The van der Waals surface area contributed by atoms with Crippen LogP contribution in [0, 0.1) is 0 Å². The van der Waals surface area contributed by atoms with E-state index in [-0.39, 0.29) is 5.91 Å². The average Bonchev–Trinajstić information content (AvgIpc) is 3.14. The van der Waals surface area contributed by atoms with E-state index in [1.165, 1.54) is 0 Å². The molecule has 1 aliphatic rings. The van der Waals surface area contributed by atoms with Gasteiger partial charge in [0.1, 0.15) is 5.82 Å². The molecule has 3 rings (SSSR count). The highest BCUT2D eigenvalue weighted by Gasteiger charge is 2.19. The van der Waals surface area contributed by atoms with Crippen molar-refractivity contribution in [3.8, 4) is 0 Å². The molecule has 2 aromatic rings. The number of carbonyl (C=O) groups is 1. The molecule has 0 spiro atoms. The van der Waals surface area contributed by atoms with Crippen LogP contribution in [0.5, 0.6) is 0 Å². The number of nitrogens with one attached hydrogen (secondary N) is 1. The molecule has 1 N–H and O–H groups in total. The molecule has 0 atom stereocenters. The number of methoxy groups -OCH3 is 1. The Morgan fingerprint density at radius 2 is 2.19 bits per heavy atom. The summed E-state index contributed by atoms with van der Waals surface area (Å²) in [6.45, 7) is 4.25. The first kappa shape index (κ1) is 18.4. The van der Waals surface area contributed by atoms with Crippen molar-refractivity contribution in [3.05, 3.63) is 41.4 Å². The molecule has 1 aliphatic heterocycles. The maximum atomic E-state index is 12.3. The average molecular weight is 358 g/mol. The van der Waals surface area contributed by atoms with Crippen LogP contribution < -0.4 is 10.2 Å². The molecular formula is C19H26N4O3. The molecule has 0 bridgehead atoms.